The molecule has 0 N–H and O–H groups in total. The van der Waals surface area contributed by atoms with Crippen LogP contribution >= 0.6 is 0 Å². The fourth-order valence-electron chi connectivity index (χ4n) is 4.28. The Bertz CT molecular complexity index is 656. The molecule has 5 heteroatoms. The SMILES string of the molecule is CCCCOc1c(OC)cc2c(c1F)CCN1CC(OC(C)(C)C)CCC21. The van der Waals surface area contributed by atoms with E-state index in [1.807, 2.05) is 6.07 Å². The first-order valence-corrected chi connectivity index (χ1v) is 10.3. The van der Waals surface area contributed by atoms with Gasteiger partial charge in [0.05, 0.1) is 25.4 Å². The van der Waals surface area contributed by atoms with Crippen molar-refractivity contribution in [2.24, 2.45) is 0 Å². The van der Waals surface area contributed by atoms with Gasteiger partial charge in [-0.05, 0) is 63.6 Å². The minimum absolute atomic E-state index is 0.134. The number of halogens is 1. The Morgan fingerprint density at radius 3 is 2.70 bits per heavy atom. The number of unbranched alkanes of at least 4 members (excludes halogenated alkanes) is 1. The van der Waals surface area contributed by atoms with Crippen molar-refractivity contribution in [3.05, 3.63) is 23.0 Å². The monoisotopic (exact) mass is 379 g/mol. The van der Waals surface area contributed by atoms with Gasteiger partial charge >= 0.3 is 0 Å². The second kappa shape index (κ2) is 8.36. The number of hydrogen-bond donors (Lipinski definition) is 0. The lowest BCUT2D eigenvalue weighted by Gasteiger charge is -2.45. The predicted octanol–water partition coefficient (Wildman–Crippen LogP) is 4.89. The normalized spacial score (nSPS) is 22.9. The van der Waals surface area contributed by atoms with Crippen molar-refractivity contribution < 1.29 is 18.6 Å². The maximum absolute atomic E-state index is 15.2. The third-order valence-electron chi connectivity index (χ3n) is 5.46. The van der Waals surface area contributed by atoms with Crippen LogP contribution in [0.5, 0.6) is 11.5 Å². The van der Waals surface area contributed by atoms with E-state index in [1.165, 1.54) is 0 Å². The Kier molecular flexibility index (Phi) is 6.32. The summed E-state index contributed by atoms with van der Waals surface area (Å²) in [5, 5.41) is 0. The highest BCUT2D eigenvalue weighted by atomic mass is 19.1. The van der Waals surface area contributed by atoms with Gasteiger partial charge in [0.25, 0.3) is 0 Å². The molecule has 2 aliphatic rings. The Hall–Kier alpha value is -1.33. The van der Waals surface area contributed by atoms with Crippen LogP contribution in [0.15, 0.2) is 6.07 Å². The van der Waals surface area contributed by atoms with Gasteiger partial charge in [0.15, 0.2) is 17.3 Å². The average molecular weight is 380 g/mol. The van der Waals surface area contributed by atoms with Crippen molar-refractivity contribution in [2.45, 2.75) is 77.5 Å². The zero-order chi connectivity index (χ0) is 19.6. The number of fused-ring (bicyclic) bond motifs is 3. The van der Waals surface area contributed by atoms with Gasteiger partial charge in [-0.1, -0.05) is 13.3 Å². The minimum Gasteiger partial charge on any atom is -0.493 e. The molecule has 0 aromatic heterocycles. The molecule has 2 atom stereocenters. The molecule has 2 aliphatic heterocycles. The maximum atomic E-state index is 15.2. The molecule has 0 spiro atoms. The maximum Gasteiger partial charge on any atom is 0.197 e. The van der Waals surface area contributed by atoms with Crippen LogP contribution in [0.3, 0.4) is 0 Å². The van der Waals surface area contributed by atoms with Crippen LogP contribution in [-0.4, -0.2) is 43.4 Å². The summed E-state index contributed by atoms with van der Waals surface area (Å²) >= 11 is 0. The number of hydrogen-bond acceptors (Lipinski definition) is 4. The molecular weight excluding hydrogens is 345 g/mol. The molecule has 0 amide bonds. The van der Waals surface area contributed by atoms with E-state index in [0.717, 1.165) is 49.9 Å². The first kappa shape index (κ1) is 20.4. The van der Waals surface area contributed by atoms with Crippen molar-refractivity contribution in [3.8, 4) is 11.5 Å². The Morgan fingerprint density at radius 2 is 2.04 bits per heavy atom. The first-order chi connectivity index (χ1) is 12.8. The molecule has 3 rings (SSSR count). The lowest BCUT2D eigenvalue weighted by Crippen LogP contribution is -2.47. The minimum atomic E-state index is -0.229. The molecule has 152 valence electrons. The van der Waals surface area contributed by atoms with Crippen molar-refractivity contribution in [2.75, 3.05) is 26.8 Å². The number of ether oxygens (including phenoxy) is 3. The molecular formula is C22H34FNO3. The quantitative estimate of drug-likeness (QED) is 0.659. The molecule has 1 aromatic rings. The Balaban J connectivity index is 1.82. The van der Waals surface area contributed by atoms with Gasteiger partial charge in [-0.25, -0.2) is 4.39 Å². The summed E-state index contributed by atoms with van der Waals surface area (Å²) in [5.41, 5.74) is 1.73. The van der Waals surface area contributed by atoms with E-state index in [0.29, 0.717) is 18.8 Å². The smallest absolute Gasteiger partial charge is 0.197 e. The molecule has 1 fully saturated rings. The number of nitrogens with zero attached hydrogens (tertiary/aromatic N) is 1. The highest BCUT2D eigenvalue weighted by Crippen LogP contribution is 2.44. The lowest BCUT2D eigenvalue weighted by atomic mass is 9.85. The fourth-order valence-corrected chi connectivity index (χ4v) is 4.28. The van der Waals surface area contributed by atoms with Crippen LogP contribution in [0.2, 0.25) is 0 Å². The van der Waals surface area contributed by atoms with Crippen LogP contribution in [0.25, 0.3) is 0 Å². The molecule has 0 radical (unpaired) electrons. The summed E-state index contributed by atoms with van der Waals surface area (Å²) in [6.07, 6.45) is 4.84. The summed E-state index contributed by atoms with van der Waals surface area (Å²) in [4.78, 5) is 2.44. The fraction of sp³-hybridized carbons (Fsp3) is 0.727. The average Bonchev–Trinajstić information content (AvgIpc) is 2.61. The van der Waals surface area contributed by atoms with E-state index < -0.39 is 0 Å². The van der Waals surface area contributed by atoms with E-state index in [4.69, 9.17) is 14.2 Å². The topological polar surface area (TPSA) is 30.9 Å². The zero-order valence-corrected chi connectivity index (χ0v) is 17.4. The van der Waals surface area contributed by atoms with E-state index in [-0.39, 0.29) is 29.3 Å². The number of benzene rings is 1. The van der Waals surface area contributed by atoms with Crippen molar-refractivity contribution in [1.82, 2.24) is 4.90 Å². The molecule has 4 nitrogen and oxygen atoms in total. The molecule has 2 unspecified atom stereocenters. The van der Waals surface area contributed by atoms with Crippen molar-refractivity contribution in [1.29, 1.82) is 0 Å². The Labute approximate surface area is 163 Å². The Morgan fingerprint density at radius 1 is 1.26 bits per heavy atom. The highest BCUT2D eigenvalue weighted by Gasteiger charge is 2.37. The summed E-state index contributed by atoms with van der Waals surface area (Å²) in [5.74, 6) is 0.563. The van der Waals surface area contributed by atoms with Gasteiger partial charge in [-0.3, -0.25) is 4.90 Å². The molecule has 27 heavy (non-hydrogen) atoms. The third-order valence-corrected chi connectivity index (χ3v) is 5.46. The molecule has 0 aliphatic carbocycles. The van der Waals surface area contributed by atoms with Gasteiger partial charge in [0.1, 0.15) is 0 Å². The van der Waals surface area contributed by atoms with Gasteiger partial charge in [0.2, 0.25) is 0 Å². The van der Waals surface area contributed by atoms with Crippen LogP contribution < -0.4 is 9.47 Å². The van der Waals surface area contributed by atoms with Crippen molar-refractivity contribution in [3.63, 3.8) is 0 Å². The van der Waals surface area contributed by atoms with E-state index >= 15 is 4.39 Å². The molecule has 2 heterocycles. The standard InChI is InChI=1S/C22H34FNO3/c1-6-7-12-26-21-19(25-5)13-17-16(20(21)23)10-11-24-14-15(8-9-18(17)24)27-22(2,3)4/h13,15,18H,6-12,14H2,1-5H3. The summed E-state index contributed by atoms with van der Waals surface area (Å²) < 4.78 is 32.7. The molecule has 0 bridgehead atoms. The van der Waals surface area contributed by atoms with E-state index in [2.05, 4.69) is 32.6 Å². The number of rotatable bonds is 6. The van der Waals surface area contributed by atoms with E-state index in [1.54, 1.807) is 7.11 Å². The van der Waals surface area contributed by atoms with Crippen molar-refractivity contribution >= 4 is 0 Å². The summed E-state index contributed by atoms with van der Waals surface area (Å²) in [6.45, 7) is 10.7. The molecule has 0 saturated carbocycles. The summed E-state index contributed by atoms with van der Waals surface area (Å²) in [6, 6.07) is 2.24. The third kappa shape index (κ3) is 4.57. The van der Waals surface area contributed by atoms with Crippen LogP contribution in [0.1, 0.15) is 70.5 Å². The van der Waals surface area contributed by atoms with Crippen LogP contribution in [-0.2, 0) is 11.2 Å². The first-order valence-electron chi connectivity index (χ1n) is 10.3. The second-order valence-electron chi connectivity index (χ2n) is 8.68. The summed E-state index contributed by atoms with van der Waals surface area (Å²) in [7, 11) is 1.59. The predicted molar refractivity (Wildman–Crippen MR) is 105 cm³/mol. The van der Waals surface area contributed by atoms with Gasteiger partial charge in [0, 0.05) is 19.1 Å². The lowest BCUT2D eigenvalue weighted by molar-refractivity contribution is -0.0972. The molecule has 1 saturated heterocycles. The number of methoxy groups -OCH3 is 1. The van der Waals surface area contributed by atoms with Gasteiger partial charge < -0.3 is 14.2 Å². The van der Waals surface area contributed by atoms with Crippen LogP contribution in [0, 0.1) is 5.82 Å². The van der Waals surface area contributed by atoms with Crippen LogP contribution in [0.4, 0.5) is 4.39 Å². The zero-order valence-electron chi connectivity index (χ0n) is 17.4. The number of piperidine rings is 1. The van der Waals surface area contributed by atoms with Gasteiger partial charge in [-0.15, -0.1) is 0 Å². The van der Waals surface area contributed by atoms with E-state index in [9.17, 15) is 0 Å². The molecule has 1 aromatic carbocycles. The largest absolute Gasteiger partial charge is 0.493 e. The highest BCUT2D eigenvalue weighted by molar-refractivity contribution is 5.51. The van der Waals surface area contributed by atoms with Gasteiger partial charge in [-0.2, -0.15) is 0 Å². The second-order valence-corrected chi connectivity index (χ2v) is 8.68.